The summed E-state index contributed by atoms with van der Waals surface area (Å²) in [6.45, 7) is 7.41. The summed E-state index contributed by atoms with van der Waals surface area (Å²) >= 11 is 0. The maximum absolute atomic E-state index is 12.8. The number of pyridine rings is 1. The molecule has 1 atom stereocenters. The van der Waals surface area contributed by atoms with E-state index in [1.807, 2.05) is 17.9 Å². The molecule has 7 heteroatoms. The third kappa shape index (κ3) is 5.11. The van der Waals surface area contributed by atoms with Crippen molar-refractivity contribution < 1.29 is 14.3 Å². The Kier molecular flexibility index (Phi) is 6.53. The van der Waals surface area contributed by atoms with E-state index >= 15 is 0 Å². The van der Waals surface area contributed by atoms with Crippen molar-refractivity contribution in [3.05, 3.63) is 24.0 Å². The number of piperidine rings is 2. The van der Waals surface area contributed by atoms with Crippen molar-refractivity contribution in [1.29, 1.82) is 0 Å². The Labute approximate surface area is 161 Å². The van der Waals surface area contributed by atoms with Crippen LogP contribution in [0.4, 0.5) is 10.5 Å². The zero-order chi connectivity index (χ0) is 19.2. The van der Waals surface area contributed by atoms with E-state index in [0.29, 0.717) is 31.2 Å². The van der Waals surface area contributed by atoms with Crippen LogP contribution in [0.5, 0.6) is 0 Å². The molecule has 3 rings (SSSR count). The first kappa shape index (κ1) is 19.5. The van der Waals surface area contributed by atoms with Crippen LogP contribution < -0.4 is 5.32 Å². The van der Waals surface area contributed by atoms with Crippen molar-refractivity contribution >= 4 is 17.7 Å². The third-order valence-corrected chi connectivity index (χ3v) is 5.32. The molecule has 2 saturated heterocycles. The summed E-state index contributed by atoms with van der Waals surface area (Å²) < 4.78 is 5.06. The van der Waals surface area contributed by atoms with Crippen LogP contribution in [0, 0.1) is 5.92 Å². The van der Waals surface area contributed by atoms with Crippen LogP contribution in [-0.2, 0) is 4.74 Å². The fraction of sp³-hybridized carbons (Fsp3) is 0.650. The van der Waals surface area contributed by atoms with Crippen LogP contribution in [-0.4, -0.2) is 65.6 Å². The minimum atomic E-state index is -0.235. The Morgan fingerprint density at radius 1 is 1.19 bits per heavy atom. The highest BCUT2D eigenvalue weighted by atomic mass is 16.6. The van der Waals surface area contributed by atoms with E-state index < -0.39 is 0 Å². The van der Waals surface area contributed by atoms with E-state index in [-0.39, 0.29) is 18.0 Å². The number of amides is 2. The van der Waals surface area contributed by atoms with Crippen LogP contribution in [0.3, 0.4) is 0 Å². The van der Waals surface area contributed by atoms with Crippen LogP contribution in [0.2, 0.25) is 0 Å². The largest absolute Gasteiger partial charge is 0.450 e. The SMILES string of the molecule is CCOC(=O)N1CCC(Nc2cncc(C(=O)N3CCCC(C)C3)c2)CC1. The van der Waals surface area contributed by atoms with Crippen molar-refractivity contribution in [2.75, 3.05) is 38.1 Å². The van der Waals surface area contributed by atoms with Gasteiger partial charge in [-0.1, -0.05) is 6.92 Å². The monoisotopic (exact) mass is 374 g/mol. The zero-order valence-corrected chi connectivity index (χ0v) is 16.3. The molecule has 2 amide bonds. The van der Waals surface area contributed by atoms with E-state index in [4.69, 9.17) is 4.74 Å². The number of nitrogens with zero attached hydrogens (tertiary/aromatic N) is 3. The lowest BCUT2D eigenvalue weighted by Gasteiger charge is -2.32. The fourth-order valence-corrected chi connectivity index (χ4v) is 3.85. The molecule has 2 aliphatic rings. The van der Waals surface area contributed by atoms with Crippen LogP contribution in [0.1, 0.15) is 49.9 Å². The predicted octanol–water partition coefficient (Wildman–Crippen LogP) is 2.99. The molecule has 0 aromatic carbocycles. The molecule has 2 aliphatic heterocycles. The molecule has 1 unspecified atom stereocenters. The quantitative estimate of drug-likeness (QED) is 0.877. The second-order valence-electron chi connectivity index (χ2n) is 7.57. The van der Waals surface area contributed by atoms with Gasteiger partial charge in [0.15, 0.2) is 0 Å². The Hall–Kier alpha value is -2.31. The minimum Gasteiger partial charge on any atom is -0.450 e. The summed E-state index contributed by atoms with van der Waals surface area (Å²) in [4.78, 5) is 32.5. The molecular weight excluding hydrogens is 344 g/mol. The zero-order valence-electron chi connectivity index (χ0n) is 16.3. The Bertz CT molecular complexity index is 658. The summed E-state index contributed by atoms with van der Waals surface area (Å²) in [5, 5.41) is 3.47. The second kappa shape index (κ2) is 9.06. The van der Waals surface area contributed by atoms with Gasteiger partial charge in [0.25, 0.3) is 5.91 Å². The predicted molar refractivity (Wildman–Crippen MR) is 104 cm³/mol. The molecule has 2 fully saturated rings. The molecule has 1 N–H and O–H groups in total. The number of ether oxygens (including phenoxy) is 1. The van der Waals surface area contributed by atoms with Gasteiger partial charge >= 0.3 is 6.09 Å². The summed E-state index contributed by atoms with van der Waals surface area (Å²) in [6, 6.07) is 2.16. The van der Waals surface area contributed by atoms with Crippen molar-refractivity contribution in [2.45, 2.75) is 45.6 Å². The van der Waals surface area contributed by atoms with Gasteiger partial charge < -0.3 is 19.9 Å². The van der Waals surface area contributed by atoms with Gasteiger partial charge in [-0.2, -0.15) is 0 Å². The Morgan fingerprint density at radius 2 is 1.96 bits per heavy atom. The smallest absolute Gasteiger partial charge is 0.409 e. The van der Waals surface area contributed by atoms with Crippen LogP contribution in [0.25, 0.3) is 0 Å². The lowest BCUT2D eigenvalue weighted by molar-refractivity contribution is 0.0682. The molecular formula is C20H30N4O3. The van der Waals surface area contributed by atoms with Crippen molar-refractivity contribution in [1.82, 2.24) is 14.8 Å². The van der Waals surface area contributed by atoms with E-state index in [2.05, 4.69) is 17.2 Å². The first-order valence-corrected chi connectivity index (χ1v) is 9.99. The fourth-order valence-electron chi connectivity index (χ4n) is 3.85. The average Bonchev–Trinajstić information content (AvgIpc) is 2.68. The summed E-state index contributed by atoms with van der Waals surface area (Å²) in [5.41, 5.74) is 1.50. The normalized spacial score (nSPS) is 21.0. The maximum atomic E-state index is 12.8. The van der Waals surface area contributed by atoms with Gasteiger partial charge in [-0.25, -0.2) is 4.79 Å². The van der Waals surface area contributed by atoms with E-state index in [1.54, 1.807) is 17.3 Å². The third-order valence-electron chi connectivity index (χ3n) is 5.32. The molecule has 0 spiro atoms. The molecule has 0 radical (unpaired) electrons. The Morgan fingerprint density at radius 3 is 2.67 bits per heavy atom. The summed E-state index contributed by atoms with van der Waals surface area (Å²) in [7, 11) is 0. The minimum absolute atomic E-state index is 0.0647. The maximum Gasteiger partial charge on any atom is 0.409 e. The molecule has 0 bridgehead atoms. The van der Waals surface area contributed by atoms with E-state index in [9.17, 15) is 9.59 Å². The molecule has 1 aromatic rings. The number of aromatic nitrogens is 1. The lowest BCUT2D eigenvalue weighted by atomic mass is 9.99. The number of anilines is 1. The highest BCUT2D eigenvalue weighted by Crippen LogP contribution is 2.21. The Balaban J connectivity index is 1.55. The number of hydrogen-bond donors (Lipinski definition) is 1. The van der Waals surface area contributed by atoms with E-state index in [0.717, 1.165) is 38.0 Å². The highest BCUT2D eigenvalue weighted by Gasteiger charge is 2.25. The van der Waals surface area contributed by atoms with Crippen LogP contribution in [0.15, 0.2) is 18.5 Å². The van der Waals surface area contributed by atoms with Gasteiger partial charge in [0.2, 0.25) is 0 Å². The van der Waals surface area contributed by atoms with Gasteiger partial charge in [-0.15, -0.1) is 0 Å². The molecule has 0 saturated carbocycles. The number of carbonyl (C=O) groups excluding carboxylic acids is 2. The molecule has 0 aliphatic carbocycles. The average molecular weight is 374 g/mol. The molecule has 27 heavy (non-hydrogen) atoms. The summed E-state index contributed by atoms with van der Waals surface area (Å²) in [6.07, 6.45) is 7.12. The van der Waals surface area contributed by atoms with E-state index in [1.165, 1.54) is 6.42 Å². The topological polar surface area (TPSA) is 74.8 Å². The van der Waals surface area contributed by atoms with Crippen LogP contribution >= 0.6 is 0 Å². The highest BCUT2D eigenvalue weighted by molar-refractivity contribution is 5.94. The number of nitrogens with one attached hydrogen (secondary N) is 1. The van der Waals surface area contributed by atoms with Gasteiger partial charge in [-0.05, 0) is 44.6 Å². The lowest BCUT2D eigenvalue weighted by Crippen LogP contribution is -2.42. The van der Waals surface area contributed by atoms with Crippen molar-refractivity contribution in [2.24, 2.45) is 5.92 Å². The second-order valence-corrected chi connectivity index (χ2v) is 7.57. The molecule has 7 nitrogen and oxygen atoms in total. The molecule has 3 heterocycles. The molecule has 1 aromatic heterocycles. The standard InChI is InChI=1S/C20H30N4O3/c1-3-27-20(26)23-9-6-17(7-10-23)22-18-11-16(12-21-13-18)19(25)24-8-4-5-15(2)14-24/h11-13,15,17,22H,3-10,14H2,1-2H3. The first-order valence-electron chi connectivity index (χ1n) is 9.99. The number of rotatable bonds is 4. The van der Waals surface area contributed by atoms with Gasteiger partial charge in [0.1, 0.15) is 0 Å². The van der Waals surface area contributed by atoms with Crippen molar-refractivity contribution in [3.8, 4) is 0 Å². The van der Waals surface area contributed by atoms with Gasteiger partial charge in [-0.3, -0.25) is 9.78 Å². The number of hydrogen-bond acceptors (Lipinski definition) is 5. The molecule has 148 valence electrons. The summed E-state index contributed by atoms with van der Waals surface area (Å²) in [5.74, 6) is 0.622. The number of carbonyl (C=O) groups is 2. The first-order chi connectivity index (χ1) is 13.1. The van der Waals surface area contributed by atoms with Crippen molar-refractivity contribution in [3.63, 3.8) is 0 Å². The number of likely N-dealkylation sites (tertiary alicyclic amines) is 2. The van der Waals surface area contributed by atoms with Gasteiger partial charge in [0.05, 0.1) is 17.9 Å². The van der Waals surface area contributed by atoms with Gasteiger partial charge in [0, 0.05) is 44.6 Å².